The molecule has 0 aliphatic carbocycles. The fourth-order valence-corrected chi connectivity index (χ4v) is 1.99. The molecule has 0 spiro atoms. The van der Waals surface area contributed by atoms with E-state index >= 15 is 0 Å². The van der Waals surface area contributed by atoms with Crippen LogP contribution >= 0.6 is 0 Å². The van der Waals surface area contributed by atoms with E-state index in [1.165, 1.54) is 5.56 Å². The van der Waals surface area contributed by atoms with Crippen molar-refractivity contribution >= 4 is 0 Å². The number of benzene rings is 1. The summed E-state index contributed by atoms with van der Waals surface area (Å²) in [5.41, 5.74) is 7.83. The zero-order valence-corrected chi connectivity index (χ0v) is 12.4. The molecule has 1 rings (SSSR count). The van der Waals surface area contributed by atoms with Gasteiger partial charge in [0.1, 0.15) is 5.75 Å². The van der Waals surface area contributed by atoms with Crippen LogP contribution in [0.15, 0.2) is 24.3 Å². The number of nitrogens with two attached hydrogens (primary N) is 1. The quantitative estimate of drug-likeness (QED) is 0.864. The molecule has 0 radical (unpaired) electrons. The first kappa shape index (κ1) is 15.0. The molecule has 2 unspecified atom stereocenters. The van der Waals surface area contributed by atoms with Crippen molar-refractivity contribution in [1.29, 1.82) is 0 Å². The Morgan fingerprint density at radius 2 is 1.94 bits per heavy atom. The molecule has 2 atom stereocenters. The van der Waals surface area contributed by atoms with Crippen LogP contribution in [0.1, 0.15) is 39.7 Å². The molecule has 18 heavy (non-hydrogen) atoms. The fourth-order valence-electron chi connectivity index (χ4n) is 1.99. The van der Waals surface area contributed by atoms with Gasteiger partial charge in [0.05, 0.1) is 7.11 Å². The molecule has 2 nitrogen and oxygen atoms in total. The molecule has 0 bridgehead atoms. The van der Waals surface area contributed by atoms with Crippen LogP contribution in [0, 0.1) is 11.3 Å². The third-order valence-corrected chi connectivity index (χ3v) is 3.77. The molecule has 0 amide bonds. The van der Waals surface area contributed by atoms with Gasteiger partial charge in [0.15, 0.2) is 0 Å². The molecular formula is C16H27NO. The molecule has 1 aromatic rings. The van der Waals surface area contributed by atoms with Crippen molar-refractivity contribution in [3.05, 3.63) is 29.8 Å². The van der Waals surface area contributed by atoms with Crippen LogP contribution in [0.2, 0.25) is 0 Å². The molecule has 0 saturated heterocycles. The Morgan fingerprint density at radius 3 is 2.50 bits per heavy atom. The Bertz CT molecular complexity index is 368. The van der Waals surface area contributed by atoms with Crippen molar-refractivity contribution in [2.24, 2.45) is 17.1 Å². The highest BCUT2D eigenvalue weighted by atomic mass is 16.5. The smallest absolute Gasteiger partial charge is 0.119 e. The molecule has 2 N–H and O–H groups in total. The van der Waals surface area contributed by atoms with Gasteiger partial charge in [0.25, 0.3) is 0 Å². The first-order valence-corrected chi connectivity index (χ1v) is 6.71. The predicted octanol–water partition coefficient (Wildman–Crippen LogP) is 3.64. The van der Waals surface area contributed by atoms with Gasteiger partial charge in [0.2, 0.25) is 0 Å². The second-order valence-electron chi connectivity index (χ2n) is 6.32. The summed E-state index contributed by atoms with van der Waals surface area (Å²) >= 11 is 0. The molecule has 2 heteroatoms. The lowest BCUT2D eigenvalue weighted by Gasteiger charge is -2.29. The van der Waals surface area contributed by atoms with Gasteiger partial charge in [-0.25, -0.2) is 0 Å². The number of hydrogen-bond acceptors (Lipinski definition) is 2. The van der Waals surface area contributed by atoms with E-state index in [4.69, 9.17) is 10.5 Å². The van der Waals surface area contributed by atoms with Crippen LogP contribution in [0.4, 0.5) is 0 Å². The van der Waals surface area contributed by atoms with Crippen LogP contribution in [0.25, 0.3) is 0 Å². The first-order chi connectivity index (χ1) is 8.32. The minimum absolute atomic E-state index is 0.214. The van der Waals surface area contributed by atoms with E-state index in [1.54, 1.807) is 7.11 Å². The monoisotopic (exact) mass is 249 g/mol. The number of ether oxygens (including phenoxy) is 1. The Kier molecular flexibility index (Phi) is 5.21. The minimum Gasteiger partial charge on any atom is -0.497 e. The van der Waals surface area contributed by atoms with Gasteiger partial charge < -0.3 is 10.5 Å². The van der Waals surface area contributed by atoms with Crippen molar-refractivity contribution in [1.82, 2.24) is 0 Å². The molecule has 0 saturated carbocycles. The summed E-state index contributed by atoms with van der Waals surface area (Å²) in [6.07, 6.45) is 1.97. The average Bonchev–Trinajstić information content (AvgIpc) is 2.27. The molecule has 0 heterocycles. The van der Waals surface area contributed by atoms with Crippen LogP contribution in [0.3, 0.4) is 0 Å². The SMILES string of the molecule is COc1cccc(CC(N)CC(C)C(C)(C)C)c1. The van der Waals surface area contributed by atoms with E-state index in [-0.39, 0.29) is 6.04 Å². The third kappa shape index (κ3) is 4.69. The lowest BCUT2D eigenvalue weighted by molar-refractivity contribution is 0.233. The molecule has 0 aliphatic heterocycles. The van der Waals surface area contributed by atoms with E-state index in [1.807, 2.05) is 12.1 Å². The summed E-state index contributed by atoms with van der Waals surface area (Å²) in [6.45, 7) is 9.10. The van der Waals surface area contributed by atoms with Crippen LogP contribution in [-0.2, 0) is 6.42 Å². The molecule has 102 valence electrons. The highest BCUT2D eigenvalue weighted by Crippen LogP contribution is 2.29. The highest BCUT2D eigenvalue weighted by Gasteiger charge is 2.22. The topological polar surface area (TPSA) is 35.2 Å². The number of rotatable bonds is 5. The van der Waals surface area contributed by atoms with Gasteiger partial charge in [-0.15, -0.1) is 0 Å². The molecular weight excluding hydrogens is 222 g/mol. The summed E-state index contributed by atoms with van der Waals surface area (Å²) in [4.78, 5) is 0. The zero-order valence-electron chi connectivity index (χ0n) is 12.4. The standard InChI is InChI=1S/C16H27NO/c1-12(16(2,3)4)9-14(17)10-13-7-6-8-15(11-13)18-5/h6-8,11-12,14H,9-10,17H2,1-5H3. The van der Waals surface area contributed by atoms with Crippen molar-refractivity contribution < 1.29 is 4.74 Å². The molecule has 1 aromatic carbocycles. The summed E-state index contributed by atoms with van der Waals surface area (Å²) < 4.78 is 5.23. The lowest BCUT2D eigenvalue weighted by Crippen LogP contribution is -2.30. The summed E-state index contributed by atoms with van der Waals surface area (Å²) in [5, 5.41) is 0. The summed E-state index contributed by atoms with van der Waals surface area (Å²) in [7, 11) is 1.70. The van der Waals surface area contributed by atoms with Crippen LogP contribution < -0.4 is 10.5 Å². The molecule has 0 aliphatic rings. The van der Waals surface area contributed by atoms with Crippen molar-refractivity contribution in [3.63, 3.8) is 0 Å². The van der Waals surface area contributed by atoms with E-state index in [0.29, 0.717) is 11.3 Å². The van der Waals surface area contributed by atoms with Gasteiger partial charge in [-0.3, -0.25) is 0 Å². The first-order valence-electron chi connectivity index (χ1n) is 6.71. The van der Waals surface area contributed by atoms with Gasteiger partial charge >= 0.3 is 0 Å². The normalized spacial score (nSPS) is 15.2. The molecule has 0 fully saturated rings. The highest BCUT2D eigenvalue weighted by molar-refractivity contribution is 5.28. The Balaban J connectivity index is 2.56. The second-order valence-corrected chi connectivity index (χ2v) is 6.32. The average molecular weight is 249 g/mol. The number of hydrogen-bond donors (Lipinski definition) is 1. The van der Waals surface area contributed by atoms with Gasteiger partial charge in [-0.2, -0.15) is 0 Å². The van der Waals surface area contributed by atoms with Crippen molar-refractivity contribution in [2.75, 3.05) is 7.11 Å². The van der Waals surface area contributed by atoms with Crippen LogP contribution in [0.5, 0.6) is 5.75 Å². The largest absolute Gasteiger partial charge is 0.497 e. The van der Waals surface area contributed by atoms with Crippen molar-refractivity contribution in [3.8, 4) is 5.75 Å². The Hall–Kier alpha value is -1.02. The second kappa shape index (κ2) is 6.24. The maximum atomic E-state index is 6.25. The van der Waals surface area contributed by atoms with Gasteiger partial charge in [0, 0.05) is 6.04 Å². The molecule has 0 aromatic heterocycles. The van der Waals surface area contributed by atoms with E-state index in [9.17, 15) is 0 Å². The zero-order chi connectivity index (χ0) is 13.8. The lowest BCUT2D eigenvalue weighted by atomic mass is 9.78. The Morgan fingerprint density at radius 1 is 1.28 bits per heavy atom. The van der Waals surface area contributed by atoms with Crippen LogP contribution in [-0.4, -0.2) is 13.2 Å². The Labute approximate surface area is 112 Å². The minimum atomic E-state index is 0.214. The van der Waals surface area contributed by atoms with E-state index in [0.717, 1.165) is 18.6 Å². The maximum Gasteiger partial charge on any atom is 0.119 e. The fraction of sp³-hybridized carbons (Fsp3) is 0.625. The van der Waals surface area contributed by atoms with Gasteiger partial charge in [-0.1, -0.05) is 39.8 Å². The summed E-state index contributed by atoms with van der Waals surface area (Å²) in [6, 6.07) is 8.39. The van der Waals surface area contributed by atoms with E-state index in [2.05, 4.69) is 39.8 Å². The predicted molar refractivity (Wildman–Crippen MR) is 77.9 cm³/mol. The number of methoxy groups -OCH3 is 1. The van der Waals surface area contributed by atoms with Gasteiger partial charge in [-0.05, 0) is 41.9 Å². The van der Waals surface area contributed by atoms with Crippen molar-refractivity contribution in [2.45, 2.75) is 46.6 Å². The maximum absolute atomic E-state index is 6.25. The third-order valence-electron chi connectivity index (χ3n) is 3.77. The summed E-state index contributed by atoms with van der Waals surface area (Å²) in [5.74, 6) is 1.53. The van der Waals surface area contributed by atoms with E-state index < -0.39 is 0 Å².